The summed E-state index contributed by atoms with van der Waals surface area (Å²) in [7, 11) is 0. The molecule has 1 fully saturated rings. The Balaban J connectivity index is 1.88. The Morgan fingerprint density at radius 1 is 1.35 bits per heavy atom. The second kappa shape index (κ2) is 8.06. The molecular formula is C17H24N2O. The molecule has 0 atom stereocenters. The summed E-state index contributed by atoms with van der Waals surface area (Å²) in [6.07, 6.45) is 2.74. The molecule has 0 unspecified atom stereocenters. The number of nitrogens with zero attached hydrogens (tertiary/aromatic N) is 1. The van der Waals surface area contributed by atoms with E-state index in [0.717, 1.165) is 44.6 Å². The highest BCUT2D eigenvalue weighted by atomic mass is 16.5. The van der Waals surface area contributed by atoms with Crippen LogP contribution in [-0.2, 0) is 11.3 Å². The third-order valence-electron chi connectivity index (χ3n) is 3.60. The first-order valence-electron chi connectivity index (χ1n) is 7.43. The van der Waals surface area contributed by atoms with E-state index in [1.807, 2.05) is 6.07 Å². The fraction of sp³-hybridized carbons (Fsp3) is 0.529. The Kier molecular flexibility index (Phi) is 6.07. The molecule has 0 amide bonds. The van der Waals surface area contributed by atoms with Crippen molar-refractivity contribution < 1.29 is 4.74 Å². The lowest BCUT2D eigenvalue weighted by Crippen LogP contribution is -2.36. The zero-order valence-electron chi connectivity index (χ0n) is 12.3. The Morgan fingerprint density at radius 2 is 2.15 bits per heavy atom. The zero-order valence-corrected chi connectivity index (χ0v) is 12.3. The minimum absolute atomic E-state index is 0.412. The molecule has 3 nitrogen and oxygen atoms in total. The first-order valence-corrected chi connectivity index (χ1v) is 7.43. The van der Waals surface area contributed by atoms with Gasteiger partial charge in [0.1, 0.15) is 0 Å². The molecule has 1 aliphatic heterocycles. The molecular weight excluding hydrogens is 248 g/mol. The normalized spacial score (nSPS) is 16.7. The molecule has 0 radical (unpaired) electrons. The van der Waals surface area contributed by atoms with E-state index in [2.05, 4.69) is 41.9 Å². The van der Waals surface area contributed by atoms with Crippen molar-refractivity contribution >= 4 is 0 Å². The van der Waals surface area contributed by atoms with Crippen molar-refractivity contribution in [2.24, 2.45) is 5.73 Å². The van der Waals surface area contributed by atoms with Crippen LogP contribution in [-0.4, -0.2) is 37.2 Å². The van der Waals surface area contributed by atoms with Crippen LogP contribution in [0.15, 0.2) is 24.3 Å². The Morgan fingerprint density at radius 3 is 2.85 bits per heavy atom. The van der Waals surface area contributed by atoms with E-state index in [9.17, 15) is 0 Å². The highest BCUT2D eigenvalue weighted by Gasteiger charge is 2.19. The maximum Gasteiger partial charge on any atom is 0.0599 e. The number of likely N-dealkylation sites (tertiary alicyclic amines) is 1. The second-order valence-corrected chi connectivity index (χ2v) is 5.14. The lowest BCUT2D eigenvalue weighted by atomic mass is 10.1. The minimum Gasteiger partial charge on any atom is -0.378 e. The van der Waals surface area contributed by atoms with Crippen LogP contribution in [0.2, 0.25) is 0 Å². The van der Waals surface area contributed by atoms with Gasteiger partial charge in [0.15, 0.2) is 0 Å². The average Bonchev–Trinajstić information content (AvgIpc) is 2.48. The summed E-state index contributed by atoms with van der Waals surface area (Å²) in [5, 5.41) is 0. The van der Waals surface area contributed by atoms with Gasteiger partial charge in [-0.3, -0.25) is 4.90 Å². The van der Waals surface area contributed by atoms with Crippen molar-refractivity contribution in [3.05, 3.63) is 35.4 Å². The van der Waals surface area contributed by atoms with Crippen LogP contribution < -0.4 is 5.73 Å². The molecule has 1 aliphatic rings. The van der Waals surface area contributed by atoms with Crippen molar-refractivity contribution in [1.82, 2.24) is 4.90 Å². The van der Waals surface area contributed by atoms with Gasteiger partial charge in [-0.25, -0.2) is 0 Å². The minimum atomic E-state index is 0.412. The highest BCUT2D eigenvalue weighted by molar-refractivity contribution is 5.37. The van der Waals surface area contributed by atoms with Gasteiger partial charge in [0.05, 0.1) is 12.6 Å². The van der Waals surface area contributed by atoms with Crippen molar-refractivity contribution in [2.75, 3.05) is 26.2 Å². The summed E-state index contributed by atoms with van der Waals surface area (Å²) in [6, 6.07) is 8.44. The van der Waals surface area contributed by atoms with E-state index in [1.165, 1.54) is 5.56 Å². The Hall–Kier alpha value is -1.34. The molecule has 1 aromatic rings. The molecule has 0 spiro atoms. The van der Waals surface area contributed by atoms with Crippen LogP contribution in [0.4, 0.5) is 0 Å². The van der Waals surface area contributed by atoms with E-state index >= 15 is 0 Å². The van der Waals surface area contributed by atoms with Gasteiger partial charge in [0.2, 0.25) is 0 Å². The van der Waals surface area contributed by atoms with Crippen LogP contribution >= 0.6 is 0 Å². The maximum absolute atomic E-state index is 5.69. The molecule has 108 valence electrons. The van der Waals surface area contributed by atoms with Gasteiger partial charge in [-0.05, 0) is 37.5 Å². The van der Waals surface area contributed by atoms with Crippen LogP contribution in [0.5, 0.6) is 0 Å². The molecule has 0 bridgehead atoms. The molecule has 1 aromatic carbocycles. The first kappa shape index (κ1) is 15.1. The van der Waals surface area contributed by atoms with Crippen molar-refractivity contribution in [1.29, 1.82) is 0 Å². The van der Waals surface area contributed by atoms with Crippen molar-refractivity contribution in [3.8, 4) is 11.8 Å². The van der Waals surface area contributed by atoms with Gasteiger partial charge in [0.25, 0.3) is 0 Å². The molecule has 0 aromatic heterocycles. The number of piperidine rings is 1. The SMILES string of the molecule is CCOC1CCN(Cc2cccc(C#CCN)c2)CC1. The van der Waals surface area contributed by atoms with Gasteiger partial charge < -0.3 is 10.5 Å². The van der Waals surface area contributed by atoms with Crippen LogP contribution in [0, 0.1) is 11.8 Å². The molecule has 2 N–H and O–H groups in total. The fourth-order valence-electron chi connectivity index (χ4n) is 2.63. The number of ether oxygens (including phenoxy) is 1. The molecule has 3 heteroatoms. The summed E-state index contributed by atoms with van der Waals surface area (Å²) < 4.78 is 5.69. The summed E-state index contributed by atoms with van der Waals surface area (Å²) >= 11 is 0. The predicted molar refractivity (Wildman–Crippen MR) is 82.3 cm³/mol. The van der Waals surface area contributed by atoms with Crippen LogP contribution in [0.25, 0.3) is 0 Å². The third-order valence-corrected chi connectivity index (χ3v) is 3.60. The third kappa shape index (κ3) is 4.64. The van der Waals surface area contributed by atoms with Crippen molar-refractivity contribution in [3.63, 3.8) is 0 Å². The highest BCUT2D eigenvalue weighted by Crippen LogP contribution is 2.16. The number of hydrogen-bond donors (Lipinski definition) is 1. The van der Waals surface area contributed by atoms with Gasteiger partial charge in [-0.1, -0.05) is 24.0 Å². The van der Waals surface area contributed by atoms with Gasteiger partial charge in [0, 0.05) is 31.8 Å². The predicted octanol–water partition coefficient (Wildman–Crippen LogP) is 2.00. The fourth-order valence-corrected chi connectivity index (χ4v) is 2.63. The number of benzene rings is 1. The molecule has 2 rings (SSSR count). The van der Waals surface area contributed by atoms with E-state index in [4.69, 9.17) is 10.5 Å². The van der Waals surface area contributed by atoms with E-state index < -0.39 is 0 Å². The largest absolute Gasteiger partial charge is 0.378 e. The Labute approximate surface area is 122 Å². The summed E-state index contributed by atoms with van der Waals surface area (Å²) in [5.74, 6) is 6.00. The maximum atomic E-state index is 5.69. The monoisotopic (exact) mass is 272 g/mol. The van der Waals surface area contributed by atoms with Gasteiger partial charge >= 0.3 is 0 Å². The van der Waals surface area contributed by atoms with Crippen LogP contribution in [0.3, 0.4) is 0 Å². The molecule has 20 heavy (non-hydrogen) atoms. The lowest BCUT2D eigenvalue weighted by Gasteiger charge is -2.31. The lowest BCUT2D eigenvalue weighted by molar-refractivity contribution is 0.0125. The van der Waals surface area contributed by atoms with Crippen LogP contribution in [0.1, 0.15) is 30.9 Å². The standard InChI is InChI=1S/C17H24N2O/c1-2-20-17-8-11-19(12-9-17)14-16-6-3-5-15(13-16)7-4-10-18/h3,5-6,13,17H,2,8-12,14,18H2,1H3. The number of nitrogens with two attached hydrogens (primary N) is 1. The smallest absolute Gasteiger partial charge is 0.0599 e. The zero-order chi connectivity index (χ0) is 14.2. The van der Waals surface area contributed by atoms with Gasteiger partial charge in [-0.2, -0.15) is 0 Å². The molecule has 0 saturated carbocycles. The molecule has 1 heterocycles. The second-order valence-electron chi connectivity index (χ2n) is 5.14. The summed E-state index contributed by atoms with van der Waals surface area (Å²) in [5.41, 5.74) is 7.78. The van der Waals surface area contributed by atoms with Crippen molar-refractivity contribution in [2.45, 2.75) is 32.4 Å². The molecule has 0 aliphatic carbocycles. The quantitative estimate of drug-likeness (QED) is 0.852. The van der Waals surface area contributed by atoms with Gasteiger partial charge in [-0.15, -0.1) is 0 Å². The first-order chi connectivity index (χ1) is 9.81. The summed E-state index contributed by atoms with van der Waals surface area (Å²) in [6.45, 7) is 6.53. The topological polar surface area (TPSA) is 38.5 Å². The number of rotatable bonds is 4. The summed E-state index contributed by atoms with van der Waals surface area (Å²) in [4.78, 5) is 2.49. The number of hydrogen-bond acceptors (Lipinski definition) is 3. The van der Waals surface area contributed by atoms with E-state index in [0.29, 0.717) is 12.6 Å². The van der Waals surface area contributed by atoms with E-state index in [1.54, 1.807) is 0 Å². The van der Waals surface area contributed by atoms with E-state index in [-0.39, 0.29) is 0 Å². The average molecular weight is 272 g/mol. The Bertz CT molecular complexity index is 467. The molecule has 1 saturated heterocycles.